The van der Waals surface area contributed by atoms with Crippen LogP contribution >= 0.6 is 0 Å². The Balaban J connectivity index is 2.37. The van der Waals surface area contributed by atoms with Crippen LogP contribution in [0.5, 0.6) is 0 Å². The van der Waals surface area contributed by atoms with Gasteiger partial charge in [0.05, 0.1) is 21.8 Å². The van der Waals surface area contributed by atoms with Gasteiger partial charge in [0.2, 0.25) is 0 Å². The summed E-state index contributed by atoms with van der Waals surface area (Å²) in [6, 6.07) is 3.57. The maximum Gasteiger partial charge on any atom is 0.298 e. The zero-order valence-corrected chi connectivity index (χ0v) is 14.3. The van der Waals surface area contributed by atoms with Crippen LogP contribution in [0.1, 0.15) is 31.8 Å². The number of fused-ring (bicyclic) bond motifs is 2. The lowest BCUT2D eigenvalue weighted by atomic mass is 9.83. The van der Waals surface area contributed by atoms with Crippen molar-refractivity contribution in [1.29, 1.82) is 0 Å². The number of ketones is 2. The quantitative estimate of drug-likeness (QED) is 0.340. The highest BCUT2D eigenvalue weighted by atomic mass is 32.2. The Morgan fingerprint density at radius 3 is 1.92 bits per heavy atom. The molecule has 2 aromatic rings. The van der Waals surface area contributed by atoms with E-state index in [1.54, 1.807) is 0 Å². The summed E-state index contributed by atoms with van der Waals surface area (Å²) in [6.07, 6.45) is 0. The van der Waals surface area contributed by atoms with Crippen molar-refractivity contribution < 1.29 is 35.5 Å². The molecule has 10 nitrogen and oxygen atoms in total. The molecule has 0 bridgehead atoms. The Kier molecular flexibility index (Phi) is 3.70. The minimum absolute atomic E-state index is 0.243. The third-order valence-corrected chi connectivity index (χ3v) is 5.67. The van der Waals surface area contributed by atoms with Crippen molar-refractivity contribution in [3.8, 4) is 0 Å². The first-order chi connectivity index (χ1) is 11.8. The molecule has 1 aliphatic carbocycles. The minimum atomic E-state index is -4.87. The van der Waals surface area contributed by atoms with Crippen molar-refractivity contribution in [1.82, 2.24) is 0 Å². The van der Waals surface area contributed by atoms with Crippen LogP contribution in [0.4, 0.5) is 11.4 Å². The van der Waals surface area contributed by atoms with Crippen molar-refractivity contribution in [3.05, 3.63) is 46.5 Å². The predicted octanol–water partition coefficient (Wildman–Crippen LogP) is 0.120. The number of hydrogen-bond donors (Lipinski definition) is 4. The molecule has 136 valence electrons. The van der Waals surface area contributed by atoms with Gasteiger partial charge in [0.25, 0.3) is 20.2 Å². The first-order valence-electron chi connectivity index (χ1n) is 6.74. The lowest BCUT2D eigenvalue weighted by Gasteiger charge is -2.21. The van der Waals surface area contributed by atoms with Gasteiger partial charge in [-0.3, -0.25) is 18.7 Å². The van der Waals surface area contributed by atoms with Gasteiger partial charge in [-0.25, -0.2) is 0 Å². The van der Waals surface area contributed by atoms with E-state index >= 15 is 0 Å². The minimum Gasteiger partial charge on any atom is -0.398 e. The van der Waals surface area contributed by atoms with Crippen molar-refractivity contribution in [2.24, 2.45) is 0 Å². The van der Waals surface area contributed by atoms with Gasteiger partial charge in [0.15, 0.2) is 11.6 Å². The molecule has 0 radical (unpaired) electrons. The molecule has 1 aliphatic rings. The molecule has 0 amide bonds. The number of benzene rings is 2. The van der Waals surface area contributed by atoms with Crippen molar-refractivity contribution in [2.75, 3.05) is 11.5 Å². The Morgan fingerprint density at radius 1 is 0.769 bits per heavy atom. The summed E-state index contributed by atoms with van der Waals surface area (Å²) in [7, 11) is -9.49. The highest BCUT2D eigenvalue weighted by Crippen LogP contribution is 2.38. The fourth-order valence-corrected chi connectivity index (χ4v) is 4.01. The van der Waals surface area contributed by atoms with Gasteiger partial charge in [-0.2, -0.15) is 16.8 Å². The predicted molar refractivity (Wildman–Crippen MR) is 88.2 cm³/mol. The Morgan fingerprint density at radius 2 is 1.38 bits per heavy atom. The molecular weight excluding hydrogens is 388 g/mol. The summed E-state index contributed by atoms with van der Waals surface area (Å²) < 4.78 is 63.7. The van der Waals surface area contributed by atoms with E-state index in [0.717, 1.165) is 24.3 Å². The second kappa shape index (κ2) is 5.35. The van der Waals surface area contributed by atoms with Crippen LogP contribution in [0.25, 0.3) is 0 Å². The number of nitrogen functional groups attached to an aromatic ring is 2. The molecule has 0 heterocycles. The number of anilines is 2. The summed E-state index contributed by atoms with van der Waals surface area (Å²) >= 11 is 0. The number of nitrogens with two attached hydrogens (primary N) is 2. The lowest BCUT2D eigenvalue weighted by molar-refractivity contribution is 0.0979. The Bertz CT molecular complexity index is 1230. The van der Waals surface area contributed by atoms with Crippen LogP contribution in [0.15, 0.2) is 34.1 Å². The van der Waals surface area contributed by atoms with Gasteiger partial charge >= 0.3 is 0 Å². The summed E-state index contributed by atoms with van der Waals surface area (Å²) in [5.74, 6) is -1.71. The van der Waals surface area contributed by atoms with Crippen molar-refractivity contribution in [2.45, 2.75) is 9.79 Å². The third kappa shape index (κ3) is 2.55. The van der Waals surface area contributed by atoms with E-state index < -0.39 is 58.5 Å². The van der Waals surface area contributed by atoms with Crippen molar-refractivity contribution >= 4 is 43.2 Å². The smallest absolute Gasteiger partial charge is 0.298 e. The Labute approximate surface area is 146 Å². The summed E-state index contributed by atoms with van der Waals surface area (Å²) in [6.45, 7) is 0. The highest BCUT2D eigenvalue weighted by Gasteiger charge is 2.36. The maximum absolute atomic E-state index is 12.7. The van der Waals surface area contributed by atoms with Crippen LogP contribution in [-0.2, 0) is 20.2 Å². The molecule has 0 aliphatic heterocycles. The van der Waals surface area contributed by atoms with Gasteiger partial charge < -0.3 is 11.5 Å². The number of hydrogen-bond acceptors (Lipinski definition) is 8. The number of rotatable bonds is 2. The van der Waals surface area contributed by atoms with E-state index in [1.165, 1.54) is 0 Å². The second-order valence-electron chi connectivity index (χ2n) is 5.45. The monoisotopic (exact) mass is 398 g/mol. The molecule has 12 heteroatoms. The molecule has 26 heavy (non-hydrogen) atoms. The zero-order valence-electron chi connectivity index (χ0n) is 12.6. The molecule has 6 N–H and O–H groups in total. The standard InChI is InChI=1S/C14H10N2O8S2/c15-9-4-8-10(11(16)14(9)26(22,23)24)13(18)6-2-1-5(25(19,20)21)3-7(6)12(8)17/h1-4H,15-16H2,(H,19,20,21)(H,22,23,24). The second-order valence-corrected chi connectivity index (χ2v) is 8.23. The van der Waals surface area contributed by atoms with Gasteiger partial charge in [-0.05, 0) is 24.3 Å². The molecule has 0 fully saturated rings. The molecule has 0 spiro atoms. The fourth-order valence-electron chi connectivity index (χ4n) is 2.77. The van der Waals surface area contributed by atoms with Crippen LogP contribution in [0.3, 0.4) is 0 Å². The summed E-state index contributed by atoms with van der Waals surface area (Å²) in [5.41, 5.74) is 8.58. The van der Waals surface area contributed by atoms with Crippen LogP contribution < -0.4 is 11.5 Å². The molecule has 0 saturated heterocycles. The average Bonchev–Trinajstić information content (AvgIpc) is 2.49. The largest absolute Gasteiger partial charge is 0.398 e. The lowest BCUT2D eigenvalue weighted by Crippen LogP contribution is -2.25. The molecule has 2 aromatic carbocycles. The average molecular weight is 398 g/mol. The van der Waals surface area contributed by atoms with E-state index in [4.69, 9.17) is 16.0 Å². The van der Waals surface area contributed by atoms with Gasteiger partial charge in [-0.1, -0.05) is 0 Å². The Hall–Kier alpha value is -2.80. The number of carbonyl (C=O) groups excluding carboxylic acids is 2. The van der Waals surface area contributed by atoms with Crippen molar-refractivity contribution in [3.63, 3.8) is 0 Å². The normalized spacial score (nSPS) is 14.1. The molecule has 0 saturated carbocycles. The van der Waals surface area contributed by atoms with Crippen LogP contribution in [0.2, 0.25) is 0 Å². The van der Waals surface area contributed by atoms with Crippen LogP contribution in [0, 0.1) is 0 Å². The van der Waals surface area contributed by atoms with E-state index in [1.807, 2.05) is 0 Å². The van der Waals surface area contributed by atoms with E-state index in [-0.39, 0.29) is 16.7 Å². The van der Waals surface area contributed by atoms with E-state index in [0.29, 0.717) is 0 Å². The summed E-state index contributed by atoms with van der Waals surface area (Å²) in [4.78, 5) is 23.8. The molecule has 0 aromatic heterocycles. The van der Waals surface area contributed by atoms with E-state index in [2.05, 4.69) is 0 Å². The molecule has 0 atom stereocenters. The molecule has 0 unspecified atom stereocenters. The topological polar surface area (TPSA) is 195 Å². The summed E-state index contributed by atoms with van der Waals surface area (Å²) in [5, 5.41) is 0. The first kappa shape index (κ1) is 18.0. The third-order valence-electron chi connectivity index (χ3n) is 3.85. The maximum atomic E-state index is 12.7. The van der Waals surface area contributed by atoms with Gasteiger partial charge in [0.1, 0.15) is 4.90 Å². The zero-order chi connectivity index (χ0) is 19.6. The van der Waals surface area contributed by atoms with Gasteiger partial charge in [0, 0.05) is 16.7 Å². The molecule has 3 rings (SSSR count). The van der Waals surface area contributed by atoms with Crippen LogP contribution in [-0.4, -0.2) is 37.5 Å². The molecular formula is C14H10N2O8S2. The first-order valence-corrected chi connectivity index (χ1v) is 9.62. The fraction of sp³-hybridized carbons (Fsp3) is 0. The highest BCUT2D eigenvalue weighted by molar-refractivity contribution is 7.86. The number of carbonyl (C=O) groups is 2. The van der Waals surface area contributed by atoms with E-state index in [9.17, 15) is 31.0 Å². The SMILES string of the molecule is Nc1cc2c(c(N)c1S(=O)(=O)O)C(=O)c1ccc(S(=O)(=O)O)cc1C2=O. The van der Waals surface area contributed by atoms with Gasteiger partial charge in [-0.15, -0.1) is 0 Å².